The van der Waals surface area contributed by atoms with Gasteiger partial charge in [0.2, 0.25) is 17.8 Å². The summed E-state index contributed by atoms with van der Waals surface area (Å²) in [5.74, 6) is 1.92. The largest absolute Gasteiger partial charge is 0.368 e. The van der Waals surface area contributed by atoms with Crippen molar-refractivity contribution < 1.29 is 9.59 Å². The van der Waals surface area contributed by atoms with Crippen molar-refractivity contribution in [2.45, 2.75) is 46.1 Å². The van der Waals surface area contributed by atoms with Gasteiger partial charge in [-0.2, -0.15) is 4.98 Å². The van der Waals surface area contributed by atoms with Crippen LogP contribution in [0.25, 0.3) is 0 Å². The lowest BCUT2D eigenvalue weighted by atomic mass is 9.40. The molecule has 1 aliphatic heterocycles. The number of nitrogens with one attached hydrogen (secondary N) is 3. The van der Waals surface area contributed by atoms with Crippen molar-refractivity contribution in [2.75, 3.05) is 48.8 Å². The Labute approximate surface area is 229 Å². The standard InChI is InChI=1S/C28H38ClN7O2/c1-17(37)35-10-12-36(13-11-35)20-8-6-19(7-9-20)31-26-32-23(29)16-24(33-26)34-28(4)21(25(38)30-5)14-18-15-22(28)27(18,2)3/h6-9,16,18,21-22H,10-15H2,1-5H3,(H,30,38)(H2,31,32,33,34)/t18-,21-,22-,28+/m1/s1. The molecule has 1 aromatic carbocycles. The number of nitrogens with zero attached hydrogens (tertiary/aromatic N) is 4. The van der Waals surface area contributed by atoms with Crippen LogP contribution in [-0.2, 0) is 9.59 Å². The molecule has 0 unspecified atom stereocenters. The molecule has 0 spiro atoms. The molecule has 3 N–H and O–H groups in total. The quantitative estimate of drug-likeness (QED) is 0.474. The van der Waals surface area contributed by atoms with E-state index in [0.29, 0.717) is 28.8 Å². The van der Waals surface area contributed by atoms with Gasteiger partial charge in [-0.3, -0.25) is 9.59 Å². The predicted octanol–water partition coefficient (Wildman–Crippen LogP) is 4.14. The van der Waals surface area contributed by atoms with E-state index in [0.717, 1.165) is 50.4 Å². The first-order chi connectivity index (χ1) is 18.0. The van der Waals surface area contributed by atoms with Crippen molar-refractivity contribution in [3.8, 4) is 0 Å². The average Bonchev–Trinajstić information content (AvgIpc) is 2.88. The molecule has 2 heterocycles. The van der Waals surface area contributed by atoms with Gasteiger partial charge in [0.15, 0.2) is 0 Å². The Bertz CT molecular complexity index is 1210. The first kappa shape index (κ1) is 26.5. The summed E-state index contributed by atoms with van der Waals surface area (Å²) < 4.78 is 0. The van der Waals surface area contributed by atoms with Crippen LogP contribution in [0.5, 0.6) is 0 Å². The number of amides is 2. The van der Waals surface area contributed by atoms with E-state index in [-0.39, 0.29) is 23.1 Å². The van der Waals surface area contributed by atoms with Crippen LogP contribution in [0.1, 0.15) is 40.5 Å². The van der Waals surface area contributed by atoms with Gasteiger partial charge in [-0.25, -0.2) is 4.98 Å². The van der Waals surface area contributed by atoms with E-state index in [1.54, 1.807) is 20.0 Å². The Balaban J connectivity index is 1.31. The lowest BCUT2D eigenvalue weighted by Gasteiger charge is -2.66. The van der Waals surface area contributed by atoms with E-state index in [2.05, 4.69) is 58.7 Å². The number of fused-ring (bicyclic) bond motifs is 2. The smallest absolute Gasteiger partial charge is 0.230 e. The number of piperazine rings is 1. The zero-order valence-corrected chi connectivity index (χ0v) is 23.6. The van der Waals surface area contributed by atoms with E-state index in [1.165, 1.54) is 0 Å². The molecule has 6 rings (SSSR count). The van der Waals surface area contributed by atoms with Crippen LogP contribution in [0.2, 0.25) is 5.15 Å². The van der Waals surface area contributed by atoms with Gasteiger partial charge < -0.3 is 25.8 Å². The predicted molar refractivity (Wildman–Crippen MR) is 151 cm³/mol. The zero-order valence-electron chi connectivity index (χ0n) is 22.8. The molecule has 4 fully saturated rings. The minimum atomic E-state index is -0.457. The second-order valence-electron chi connectivity index (χ2n) is 11.7. The first-order valence-corrected chi connectivity index (χ1v) is 13.8. The fourth-order valence-electron chi connectivity index (χ4n) is 6.91. The molecular weight excluding hydrogens is 502 g/mol. The second kappa shape index (κ2) is 9.91. The molecule has 1 aromatic heterocycles. The van der Waals surface area contributed by atoms with E-state index in [1.807, 2.05) is 17.0 Å². The average molecular weight is 540 g/mol. The maximum absolute atomic E-state index is 12.9. The molecule has 1 saturated heterocycles. The molecule has 38 heavy (non-hydrogen) atoms. The second-order valence-corrected chi connectivity index (χ2v) is 12.1. The maximum atomic E-state index is 12.9. The third kappa shape index (κ3) is 4.77. The summed E-state index contributed by atoms with van der Waals surface area (Å²) >= 11 is 6.42. The highest BCUT2D eigenvalue weighted by Crippen LogP contribution is 2.65. The Hall–Kier alpha value is -3.07. The van der Waals surface area contributed by atoms with Gasteiger partial charge in [0.1, 0.15) is 11.0 Å². The summed E-state index contributed by atoms with van der Waals surface area (Å²) in [6.45, 7) is 11.5. The van der Waals surface area contributed by atoms with Crippen molar-refractivity contribution >= 4 is 46.6 Å². The van der Waals surface area contributed by atoms with Crippen LogP contribution in [0.15, 0.2) is 30.3 Å². The first-order valence-electron chi connectivity index (χ1n) is 13.4. The molecule has 0 radical (unpaired) electrons. The monoisotopic (exact) mass is 539 g/mol. The summed E-state index contributed by atoms with van der Waals surface area (Å²) in [6.07, 6.45) is 1.96. The van der Waals surface area contributed by atoms with Crippen LogP contribution in [-0.4, -0.2) is 65.4 Å². The zero-order chi connectivity index (χ0) is 27.2. The van der Waals surface area contributed by atoms with Crippen LogP contribution in [0, 0.1) is 23.2 Å². The number of carbonyl (C=O) groups is 2. The number of anilines is 4. The Morgan fingerprint density at radius 3 is 2.32 bits per heavy atom. The molecule has 3 saturated carbocycles. The summed E-state index contributed by atoms with van der Waals surface area (Å²) in [5, 5.41) is 10.1. The minimum absolute atomic E-state index is 0.0616. The SMILES string of the molecule is CNC(=O)[C@H]1C[C@@H]2C[C@H](C2(C)C)[C@@]1(C)Nc1cc(Cl)nc(Nc2ccc(N3CCN(C(C)=O)CC3)cc2)n1. The Morgan fingerprint density at radius 1 is 1.03 bits per heavy atom. The number of rotatable bonds is 6. The van der Waals surface area contributed by atoms with Crippen molar-refractivity contribution in [2.24, 2.45) is 23.2 Å². The number of carbonyl (C=O) groups excluding carboxylic acids is 2. The van der Waals surface area contributed by atoms with E-state index >= 15 is 0 Å². The van der Waals surface area contributed by atoms with E-state index in [9.17, 15) is 9.59 Å². The maximum Gasteiger partial charge on any atom is 0.230 e. The summed E-state index contributed by atoms with van der Waals surface area (Å²) in [7, 11) is 1.70. The molecule has 4 atom stereocenters. The highest BCUT2D eigenvalue weighted by molar-refractivity contribution is 6.29. The van der Waals surface area contributed by atoms with Gasteiger partial charge in [0.25, 0.3) is 0 Å². The molecule has 3 aliphatic carbocycles. The highest BCUT2D eigenvalue weighted by atomic mass is 35.5. The third-order valence-electron chi connectivity index (χ3n) is 9.31. The van der Waals surface area contributed by atoms with Gasteiger partial charge in [-0.05, 0) is 61.3 Å². The van der Waals surface area contributed by atoms with Crippen LogP contribution in [0.3, 0.4) is 0 Å². The fraction of sp³-hybridized carbons (Fsp3) is 0.571. The summed E-state index contributed by atoms with van der Waals surface area (Å²) in [6, 6.07) is 9.82. The van der Waals surface area contributed by atoms with Gasteiger partial charge in [-0.15, -0.1) is 0 Å². The molecule has 204 valence electrons. The number of hydrogen-bond acceptors (Lipinski definition) is 7. The van der Waals surface area contributed by atoms with Crippen LogP contribution >= 0.6 is 11.6 Å². The van der Waals surface area contributed by atoms with Gasteiger partial charge in [0, 0.05) is 57.6 Å². The fourth-order valence-corrected chi connectivity index (χ4v) is 7.09. The Morgan fingerprint density at radius 2 is 1.71 bits per heavy atom. The number of hydrogen-bond donors (Lipinski definition) is 3. The third-order valence-corrected chi connectivity index (χ3v) is 9.50. The molecule has 2 bridgehead atoms. The van der Waals surface area contributed by atoms with E-state index < -0.39 is 5.54 Å². The molecule has 4 aliphatic rings. The lowest BCUT2D eigenvalue weighted by Crippen LogP contribution is -2.69. The molecular formula is C28H38ClN7O2. The normalized spacial score (nSPS) is 27.8. The van der Waals surface area contributed by atoms with Crippen LogP contribution in [0.4, 0.5) is 23.1 Å². The molecule has 2 amide bonds. The Kier molecular flexibility index (Phi) is 6.92. The van der Waals surface area contributed by atoms with Crippen LogP contribution < -0.4 is 20.9 Å². The number of halogens is 1. The van der Waals surface area contributed by atoms with Crippen molar-refractivity contribution in [3.05, 3.63) is 35.5 Å². The van der Waals surface area contributed by atoms with Gasteiger partial charge >= 0.3 is 0 Å². The van der Waals surface area contributed by atoms with Crippen molar-refractivity contribution in [1.82, 2.24) is 20.2 Å². The minimum Gasteiger partial charge on any atom is -0.368 e. The summed E-state index contributed by atoms with van der Waals surface area (Å²) in [4.78, 5) is 37.7. The van der Waals surface area contributed by atoms with Gasteiger partial charge in [0.05, 0.1) is 11.5 Å². The highest BCUT2D eigenvalue weighted by Gasteiger charge is 2.64. The number of benzene rings is 1. The van der Waals surface area contributed by atoms with E-state index in [4.69, 9.17) is 16.6 Å². The molecule has 9 nitrogen and oxygen atoms in total. The van der Waals surface area contributed by atoms with Crippen molar-refractivity contribution in [3.63, 3.8) is 0 Å². The molecule has 10 heteroatoms. The number of aromatic nitrogens is 2. The lowest BCUT2D eigenvalue weighted by molar-refractivity contribution is -0.155. The van der Waals surface area contributed by atoms with Crippen molar-refractivity contribution in [1.29, 1.82) is 0 Å². The topological polar surface area (TPSA) is 102 Å². The van der Waals surface area contributed by atoms with Gasteiger partial charge in [-0.1, -0.05) is 25.4 Å². The molecule has 2 aromatic rings. The summed E-state index contributed by atoms with van der Waals surface area (Å²) in [5.41, 5.74) is 1.66.